The van der Waals surface area contributed by atoms with Gasteiger partial charge in [0.05, 0.1) is 11.4 Å². The fraction of sp³-hybridized carbons (Fsp3) is 0.391. The zero-order valence-corrected chi connectivity index (χ0v) is 19.1. The first-order chi connectivity index (χ1) is 14.7. The fourth-order valence-corrected chi connectivity index (χ4v) is 4.69. The van der Waals surface area contributed by atoms with Crippen molar-refractivity contribution in [3.8, 4) is 0 Å². The molecule has 162 valence electrons. The molecule has 0 fully saturated rings. The Kier molecular flexibility index (Phi) is 5.77. The van der Waals surface area contributed by atoms with E-state index in [1.165, 1.54) is 16.9 Å². The SMILES string of the molecule is Cc1nc(C(C)(C)C)[nH]c(=O)c1C(=O)Nc1nc2c(s1)CN(Cc1ccccc1)CC2. The predicted molar refractivity (Wildman–Crippen MR) is 123 cm³/mol. The summed E-state index contributed by atoms with van der Waals surface area (Å²) in [5.74, 6) is 0.0914. The lowest BCUT2D eigenvalue weighted by Crippen LogP contribution is -2.30. The number of carbonyl (C=O) groups excluding carboxylic acids is 1. The molecule has 3 aromatic rings. The number of aryl methyl sites for hydroxylation is 1. The van der Waals surface area contributed by atoms with E-state index in [1.807, 2.05) is 26.8 Å². The van der Waals surface area contributed by atoms with Crippen molar-refractivity contribution in [2.45, 2.75) is 52.6 Å². The van der Waals surface area contributed by atoms with Crippen molar-refractivity contribution in [1.82, 2.24) is 19.9 Å². The van der Waals surface area contributed by atoms with E-state index in [0.717, 1.165) is 36.6 Å². The number of H-pyrrole nitrogens is 1. The Morgan fingerprint density at radius 1 is 1.23 bits per heavy atom. The molecule has 31 heavy (non-hydrogen) atoms. The number of thiazole rings is 1. The lowest BCUT2D eigenvalue weighted by Gasteiger charge is -2.25. The largest absolute Gasteiger partial charge is 0.309 e. The smallest absolute Gasteiger partial charge is 0.264 e. The van der Waals surface area contributed by atoms with Crippen molar-refractivity contribution in [2.24, 2.45) is 0 Å². The molecule has 1 amide bonds. The summed E-state index contributed by atoms with van der Waals surface area (Å²) in [7, 11) is 0. The van der Waals surface area contributed by atoms with Crippen LogP contribution in [0.4, 0.5) is 5.13 Å². The minimum absolute atomic E-state index is 0.0341. The van der Waals surface area contributed by atoms with Crippen LogP contribution >= 0.6 is 11.3 Å². The molecule has 2 aromatic heterocycles. The number of hydrogen-bond donors (Lipinski definition) is 2. The van der Waals surface area contributed by atoms with Crippen LogP contribution < -0.4 is 10.9 Å². The van der Waals surface area contributed by atoms with Crippen molar-refractivity contribution in [1.29, 1.82) is 0 Å². The van der Waals surface area contributed by atoms with Crippen LogP contribution in [0.2, 0.25) is 0 Å². The first kappa shape index (κ1) is 21.4. The Hall–Kier alpha value is -2.84. The highest BCUT2D eigenvalue weighted by molar-refractivity contribution is 7.15. The highest BCUT2D eigenvalue weighted by Gasteiger charge is 2.25. The van der Waals surface area contributed by atoms with Gasteiger partial charge >= 0.3 is 0 Å². The van der Waals surface area contributed by atoms with Crippen LogP contribution in [0.15, 0.2) is 35.1 Å². The van der Waals surface area contributed by atoms with Gasteiger partial charge in [-0.25, -0.2) is 9.97 Å². The van der Waals surface area contributed by atoms with E-state index in [2.05, 4.69) is 49.4 Å². The molecular formula is C23H27N5O2S. The summed E-state index contributed by atoms with van der Waals surface area (Å²) in [6.45, 7) is 10.2. The fourth-order valence-electron chi connectivity index (χ4n) is 3.65. The number of benzene rings is 1. The quantitative estimate of drug-likeness (QED) is 0.650. The Bertz CT molecular complexity index is 1160. The van der Waals surface area contributed by atoms with Crippen LogP contribution in [0.5, 0.6) is 0 Å². The van der Waals surface area contributed by atoms with Gasteiger partial charge < -0.3 is 4.98 Å². The molecule has 2 N–H and O–H groups in total. The summed E-state index contributed by atoms with van der Waals surface area (Å²) < 4.78 is 0. The van der Waals surface area contributed by atoms with E-state index in [-0.39, 0.29) is 11.0 Å². The second kappa shape index (κ2) is 8.36. The standard InChI is InChI=1S/C23H27N5O2S/c1-14-18(19(29)26-21(24-14)23(2,3)4)20(30)27-22-25-16-10-11-28(13-17(16)31-22)12-15-8-6-5-7-9-15/h5-9H,10-13H2,1-4H3,(H,24,26,29)(H,25,27,30). The molecule has 0 saturated carbocycles. The zero-order valence-electron chi connectivity index (χ0n) is 18.3. The minimum Gasteiger partial charge on any atom is -0.309 e. The molecule has 0 bridgehead atoms. The van der Waals surface area contributed by atoms with Gasteiger partial charge in [-0.2, -0.15) is 0 Å². The van der Waals surface area contributed by atoms with E-state index in [9.17, 15) is 9.59 Å². The number of aromatic amines is 1. The number of fused-ring (bicyclic) bond motifs is 1. The highest BCUT2D eigenvalue weighted by atomic mass is 32.1. The number of amides is 1. The molecule has 4 rings (SSSR count). The van der Waals surface area contributed by atoms with Crippen LogP contribution in [-0.4, -0.2) is 32.3 Å². The van der Waals surface area contributed by atoms with Gasteiger partial charge in [-0.1, -0.05) is 51.1 Å². The van der Waals surface area contributed by atoms with Gasteiger partial charge in [0.2, 0.25) is 0 Å². The summed E-state index contributed by atoms with van der Waals surface area (Å²) in [6, 6.07) is 10.4. The number of nitrogens with zero attached hydrogens (tertiary/aromatic N) is 3. The van der Waals surface area contributed by atoms with Crippen molar-refractivity contribution in [3.63, 3.8) is 0 Å². The van der Waals surface area contributed by atoms with E-state index in [1.54, 1.807) is 6.92 Å². The molecule has 0 radical (unpaired) electrons. The molecule has 0 atom stereocenters. The zero-order chi connectivity index (χ0) is 22.2. The third-order valence-corrected chi connectivity index (χ3v) is 6.32. The van der Waals surface area contributed by atoms with Gasteiger partial charge in [-0.15, -0.1) is 11.3 Å². The molecule has 0 spiro atoms. The maximum atomic E-state index is 12.8. The first-order valence-corrected chi connectivity index (χ1v) is 11.2. The number of rotatable bonds is 4. The topological polar surface area (TPSA) is 91.0 Å². The van der Waals surface area contributed by atoms with Crippen LogP contribution in [0.1, 0.15) is 58.8 Å². The van der Waals surface area contributed by atoms with Gasteiger partial charge in [0, 0.05) is 36.3 Å². The highest BCUT2D eigenvalue weighted by Crippen LogP contribution is 2.29. The molecule has 0 unspecified atom stereocenters. The second-order valence-corrected chi connectivity index (χ2v) is 10.00. The van der Waals surface area contributed by atoms with E-state index in [4.69, 9.17) is 0 Å². The van der Waals surface area contributed by atoms with Gasteiger partial charge in [-0.05, 0) is 12.5 Å². The van der Waals surface area contributed by atoms with Gasteiger partial charge in [0.15, 0.2) is 5.13 Å². The summed E-state index contributed by atoms with van der Waals surface area (Å²) in [6.07, 6.45) is 0.843. The number of hydrogen-bond acceptors (Lipinski definition) is 6. The lowest BCUT2D eigenvalue weighted by molar-refractivity contribution is 0.102. The van der Waals surface area contributed by atoms with Gasteiger partial charge in [0.25, 0.3) is 11.5 Å². The Labute approximate surface area is 185 Å². The molecular weight excluding hydrogens is 410 g/mol. The molecule has 7 nitrogen and oxygen atoms in total. The van der Waals surface area contributed by atoms with Crippen molar-refractivity contribution in [3.05, 3.63) is 73.9 Å². The van der Waals surface area contributed by atoms with Gasteiger partial charge in [0.1, 0.15) is 11.4 Å². The van der Waals surface area contributed by atoms with Crippen LogP contribution in [0, 0.1) is 6.92 Å². The normalized spacial score (nSPS) is 14.3. The van der Waals surface area contributed by atoms with Crippen LogP contribution in [-0.2, 0) is 24.9 Å². The monoisotopic (exact) mass is 437 g/mol. The summed E-state index contributed by atoms with van der Waals surface area (Å²) >= 11 is 1.47. The number of carbonyl (C=O) groups is 1. The molecule has 3 heterocycles. The maximum Gasteiger partial charge on any atom is 0.264 e. The maximum absolute atomic E-state index is 12.8. The van der Waals surface area contributed by atoms with Crippen molar-refractivity contribution in [2.75, 3.05) is 11.9 Å². The third-order valence-electron chi connectivity index (χ3n) is 5.32. The Morgan fingerprint density at radius 2 is 1.97 bits per heavy atom. The average molecular weight is 438 g/mol. The van der Waals surface area contributed by atoms with Crippen molar-refractivity contribution >= 4 is 22.4 Å². The third kappa shape index (κ3) is 4.75. The van der Waals surface area contributed by atoms with Crippen LogP contribution in [0.3, 0.4) is 0 Å². The molecule has 1 aromatic carbocycles. The second-order valence-electron chi connectivity index (χ2n) is 8.91. The summed E-state index contributed by atoms with van der Waals surface area (Å²) in [4.78, 5) is 40.7. The average Bonchev–Trinajstić information content (AvgIpc) is 3.09. The Balaban J connectivity index is 1.48. The minimum atomic E-state index is -0.473. The van der Waals surface area contributed by atoms with E-state index in [0.29, 0.717) is 16.6 Å². The summed E-state index contributed by atoms with van der Waals surface area (Å²) in [5, 5.41) is 3.33. The van der Waals surface area contributed by atoms with E-state index >= 15 is 0 Å². The number of nitrogens with one attached hydrogen (secondary N) is 2. The number of anilines is 1. The van der Waals surface area contributed by atoms with E-state index < -0.39 is 11.5 Å². The van der Waals surface area contributed by atoms with Gasteiger partial charge in [-0.3, -0.25) is 19.8 Å². The molecule has 0 aliphatic carbocycles. The van der Waals surface area contributed by atoms with Crippen LogP contribution in [0.25, 0.3) is 0 Å². The summed E-state index contributed by atoms with van der Waals surface area (Å²) in [5.41, 5.74) is 2.03. The molecule has 0 saturated heterocycles. The molecule has 8 heteroatoms. The first-order valence-electron chi connectivity index (χ1n) is 10.4. The van der Waals surface area contributed by atoms with Crippen molar-refractivity contribution < 1.29 is 4.79 Å². The molecule has 1 aliphatic heterocycles. The number of aromatic nitrogens is 3. The molecule has 1 aliphatic rings. The Morgan fingerprint density at radius 3 is 2.65 bits per heavy atom. The predicted octanol–water partition coefficient (Wildman–Crippen LogP) is 3.64. The lowest BCUT2D eigenvalue weighted by atomic mass is 9.95.